The van der Waals surface area contributed by atoms with E-state index in [9.17, 15) is 0 Å². The molecule has 118 valence electrons. The highest BCUT2D eigenvalue weighted by molar-refractivity contribution is 5.47. The third kappa shape index (κ3) is 9.89. The quantitative estimate of drug-likeness (QED) is 0.518. The molecule has 0 aromatic heterocycles. The van der Waals surface area contributed by atoms with E-state index in [1.54, 1.807) is 0 Å². The summed E-state index contributed by atoms with van der Waals surface area (Å²) in [5, 5.41) is 0. The van der Waals surface area contributed by atoms with Crippen molar-refractivity contribution in [2.45, 2.75) is 74.1 Å². The summed E-state index contributed by atoms with van der Waals surface area (Å²) in [6.07, 6.45) is 5.17. The molecular formula is C19H37N. The third-order valence-electron chi connectivity index (χ3n) is 2.92. The average molecular weight is 280 g/mol. The van der Waals surface area contributed by atoms with E-state index < -0.39 is 0 Å². The molecule has 0 atom stereocenters. The Morgan fingerprint density at radius 2 is 1.30 bits per heavy atom. The van der Waals surface area contributed by atoms with Gasteiger partial charge in [-0.15, -0.1) is 0 Å². The number of benzene rings is 1. The molecule has 0 fully saturated rings. The van der Waals surface area contributed by atoms with Crippen LogP contribution in [0.1, 0.15) is 72.8 Å². The van der Waals surface area contributed by atoms with Crippen LogP contribution in [0.25, 0.3) is 0 Å². The molecule has 0 amide bonds. The molecule has 0 N–H and O–H groups in total. The summed E-state index contributed by atoms with van der Waals surface area (Å²) in [6.45, 7) is 17.0. The number of aryl methyl sites for hydroxylation is 1. The summed E-state index contributed by atoms with van der Waals surface area (Å²) in [6, 6.07) is 8.91. The van der Waals surface area contributed by atoms with Crippen molar-refractivity contribution in [3.8, 4) is 0 Å². The van der Waals surface area contributed by atoms with Crippen molar-refractivity contribution in [1.29, 1.82) is 0 Å². The second kappa shape index (κ2) is 16.1. The minimum Gasteiger partial charge on any atom is -0.372 e. The van der Waals surface area contributed by atoms with E-state index in [1.807, 2.05) is 27.7 Å². The zero-order valence-electron chi connectivity index (χ0n) is 15.0. The largest absolute Gasteiger partial charge is 0.372 e. The number of rotatable bonds is 7. The molecule has 0 saturated carbocycles. The minimum atomic E-state index is 1.17. The molecule has 1 aromatic carbocycles. The van der Waals surface area contributed by atoms with Crippen LogP contribution in [0.3, 0.4) is 0 Å². The topological polar surface area (TPSA) is 3.24 Å². The molecule has 0 aliphatic heterocycles. The fourth-order valence-corrected chi connectivity index (χ4v) is 1.95. The Labute approximate surface area is 128 Å². The van der Waals surface area contributed by atoms with Crippen LogP contribution in [-0.2, 0) is 0 Å². The van der Waals surface area contributed by atoms with Gasteiger partial charge in [-0.3, -0.25) is 0 Å². The number of hydrogen-bond acceptors (Lipinski definition) is 1. The molecule has 0 unspecified atom stereocenters. The van der Waals surface area contributed by atoms with Gasteiger partial charge in [0.05, 0.1) is 0 Å². The van der Waals surface area contributed by atoms with Gasteiger partial charge in [0, 0.05) is 18.8 Å². The third-order valence-corrected chi connectivity index (χ3v) is 2.92. The monoisotopic (exact) mass is 279 g/mol. The first-order valence-corrected chi connectivity index (χ1v) is 8.59. The number of nitrogens with zero attached hydrogens (tertiary/aromatic N) is 1. The van der Waals surface area contributed by atoms with Crippen LogP contribution in [0.5, 0.6) is 0 Å². The van der Waals surface area contributed by atoms with Crippen LogP contribution < -0.4 is 4.90 Å². The van der Waals surface area contributed by atoms with Crippen molar-refractivity contribution < 1.29 is 0 Å². The van der Waals surface area contributed by atoms with Gasteiger partial charge in [0.1, 0.15) is 0 Å². The van der Waals surface area contributed by atoms with Crippen LogP contribution in [0.15, 0.2) is 24.3 Å². The van der Waals surface area contributed by atoms with Crippen molar-refractivity contribution in [2.24, 2.45) is 0 Å². The summed E-state index contributed by atoms with van der Waals surface area (Å²) in [5.41, 5.74) is 2.72. The standard InChI is InChI=1S/C15H25N.2C2H6/c1-4-6-7-13-16(12-5-2)15-10-8-14(3)9-11-15;2*1-2/h8-11H,4-7,12-13H2,1-3H3;2*1-2H3. The molecule has 0 aliphatic rings. The lowest BCUT2D eigenvalue weighted by Crippen LogP contribution is -2.25. The average Bonchev–Trinajstić information content (AvgIpc) is 2.51. The summed E-state index contributed by atoms with van der Waals surface area (Å²) >= 11 is 0. The van der Waals surface area contributed by atoms with Gasteiger partial charge in [-0.25, -0.2) is 0 Å². The molecule has 20 heavy (non-hydrogen) atoms. The lowest BCUT2D eigenvalue weighted by Gasteiger charge is -2.24. The van der Waals surface area contributed by atoms with E-state index in [-0.39, 0.29) is 0 Å². The van der Waals surface area contributed by atoms with Crippen molar-refractivity contribution >= 4 is 5.69 Å². The molecule has 0 saturated heterocycles. The molecule has 0 spiro atoms. The van der Waals surface area contributed by atoms with E-state index in [4.69, 9.17) is 0 Å². The van der Waals surface area contributed by atoms with Crippen molar-refractivity contribution in [3.05, 3.63) is 29.8 Å². The fraction of sp³-hybridized carbons (Fsp3) is 0.684. The smallest absolute Gasteiger partial charge is 0.0366 e. The van der Waals surface area contributed by atoms with Crippen molar-refractivity contribution in [1.82, 2.24) is 0 Å². The van der Waals surface area contributed by atoms with Crippen LogP contribution in [0.4, 0.5) is 5.69 Å². The van der Waals surface area contributed by atoms with Crippen LogP contribution in [0, 0.1) is 6.92 Å². The molecule has 1 aromatic rings. The first-order valence-electron chi connectivity index (χ1n) is 8.59. The maximum absolute atomic E-state index is 2.51. The molecule has 1 rings (SSSR count). The Balaban J connectivity index is 0. The fourth-order valence-electron chi connectivity index (χ4n) is 1.95. The minimum absolute atomic E-state index is 1.17. The Bertz CT molecular complexity index is 276. The van der Waals surface area contributed by atoms with Gasteiger partial charge < -0.3 is 4.90 Å². The number of unbranched alkanes of at least 4 members (excludes halogenated alkanes) is 2. The number of hydrogen-bond donors (Lipinski definition) is 0. The zero-order chi connectivity index (χ0) is 15.8. The highest BCUT2D eigenvalue weighted by Gasteiger charge is 2.04. The highest BCUT2D eigenvalue weighted by Crippen LogP contribution is 2.16. The van der Waals surface area contributed by atoms with E-state index >= 15 is 0 Å². The molecular weight excluding hydrogens is 242 g/mol. The van der Waals surface area contributed by atoms with Crippen molar-refractivity contribution in [3.63, 3.8) is 0 Å². The maximum atomic E-state index is 2.51. The van der Waals surface area contributed by atoms with E-state index in [1.165, 1.54) is 50.0 Å². The Morgan fingerprint density at radius 1 is 0.750 bits per heavy atom. The Hall–Kier alpha value is -0.980. The van der Waals surface area contributed by atoms with Gasteiger partial charge in [-0.2, -0.15) is 0 Å². The molecule has 0 radical (unpaired) electrons. The summed E-state index contributed by atoms with van der Waals surface area (Å²) in [4.78, 5) is 2.51. The van der Waals surface area contributed by atoms with Gasteiger partial charge in [-0.1, -0.05) is 72.1 Å². The van der Waals surface area contributed by atoms with Crippen LogP contribution in [0.2, 0.25) is 0 Å². The molecule has 1 nitrogen and oxygen atoms in total. The Morgan fingerprint density at radius 3 is 1.75 bits per heavy atom. The summed E-state index contributed by atoms with van der Waals surface area (Å²) in [5.74, 6) is 0. The maximum Gasteiger partial charge on any atom is 0.0366 e. The normalized spacial score (nSPS) is 8.95. The Kier molecular flexibility index (Phi) is 17.1. The second-order valence-electron chi connectivity index (χ2n) is 4.53. The summed E-state index contributed by atoms with van der Waals surface area (Å²) in [7, 11) is 0. The van der Waals surface area contributed by atoms with E-state index in [0.29, 0.717) is 0 Å². The van der Waals surface area contributed by atoms with Crippen molar-refractivity contribution in [2.75, 3.05) is 18.0 Å². The van der Waals surface area contributed by atoms with Gasteiger partial charge in [-0.05, 0) is 31.9 Å². The predicted octanol–water partition coefficient (Wildman–Crippen LogP) is 6.45. The van der Waals surface area contributed by atoms with E-state index in [2.05, 4.69) is 49.9 Å². The summed E-state index contributed by atoms with van der Waals surface area (Å²) < 4.78 is 0. The lowest BCUT2D eigenvalue weighted by atomic mass is 10.2. The molecule has 0 heterocycles. The SMILES string of the molecule is CC.CC.CCCCCN(CCC)c1ccc(C)cc1. The first-order chi connectivity index (χ1) is 9.77. The van der Waals surface area contributed by atoms with Gasteiger partial charge in [0.25, 0.3) is 0 Å². The second-order valence-corrected chi connectivity index (χ2v) is 4.53. The molecule has 0 aliphatic carbocycles. The van der Waals surface area contributed by atoms with Gasteiger partial charge >= 0.3 is 0 Å². The van der Waals surface area contributed by atoms with E-state index in [0.717, 1.165) is 0 Å². The van der Waals surface area contributed by atoms with Crippen LogP contribution in [-0.4, -0.2) is 13.1 Å². The lowest BCUT2D eigenvalue weighted by molar-refractivity contribution is 0.668. The first kappa shape index (κ1) is 21.3. The molecule has 1 heteroatoms. The van der Waals surface area contributed by atoms with Gasteiger partial charge in [0.2, 0.25) is 0 Å². The number of anilines is 1. The predicted molar refractivity (Wildman–Crippen MR) is 95.9 cm³/mol. The van der Waals surface area contributed by atoms with Gasteiger partial charge in [0.15, 0.2) is 0 Å². The zero-order valence-corrected chi connectivity index (χ0v) is 15.0. The van der Waals surface area contributed by atoms with Crippen LogP contribution >= 0.6 is 0 Å². The highest BCUT2D eigenvalue weighted by atomic mass is 15.1. The molecule has 0 bridgehead atoms.